The third-order valence-electron chi connectivity index (χ3n) is 1.40. The lowest BCUT2D eigenvalue weighted by molar-refractivity contribution is 0.111. The first-order valence-corrected chi connectivity index (χ1v) is 3.84. The van der Waals surface area contributed by atoms with Crippen LogP contribution >= 0.6 is 0 Å². The van der Waals surface area contributed by atoms with Gasteiger partial charge in [-0.15, -0.1) is 0 Å². The van der Waals surface area contributed by atoms with E-state index in [2.05, 4.69) is 5.32 Å². The number of hydrogen-bond acceptors (Lipinski definition) is 3. The Kier molecular flexibility index (Phi) is 2.24. The Labute approximate surface area is 72.2 Å². The highest BCUT2D eigenvalue weighted by atomic mass is 16.3. The van der Waals surface area contributed by atoms with Crippen molar-refractivity contribution in [2.75, 3.05) is 11.1 Å². The molecule has 1 rings (SSSR count). The molecule has 0 radical (unpaired) electrons. The summed E-state index contributed by atoms with van der Waals surface area (Å²) in [5.74, 6) is 0. The molecule has 0 fully saturated rings. The molecule has 0 saturated heterocycles. The number of anilines is 2. The van der Waals surface area contributed by atoms with Crippen molar-refractivity contribution in [2.24, 2.45) is 0 Å². The van der Waals surface area contributed by atoms with Gasteiger partial charge >= 0.3 is 0 Å². The van der Waals surface area contributed by atoms with E-state index < -0.39 is 5.72 Å². The fourth-order valence-corrected chi connectivity index (χ4v) is 0.940. The number of hydrogen-bond donors (Lipinski definition) is 3. The van der Waals surface area contributed by atoms with E-state index >= 15 is 0 Å². The molecule has 0 aliphatic carbocycles. The van der Waals surface area contributed by atoms with Gasteiger partial charge < -0.3 is 16.2 Å². The van der Waals surface area contributed by atoms with E-state index in [-0.39, 0.29) is 0 Å². The molecule has 0 unspecified atom stereocenters. The van der Waals surface area contributed by atoms with Crippen molar-refractivity contribution in [1.82, 2.24) is 0 Å². The van der Waals surface area contributed by atoms with Crippen LogP contribution < -0.4 is 11.1 Å². The molecular formula is C9H14N2O. The highest BCUT2D eigenvalue weighted by Gasteiger charge is 2.11. The van der Waals surface area contributed by atoms with E-state index in [1.807, 2.05) is 18.2 Å². The van der Waals surface area contributed by atoms with Crippen molar-refractivity contribution in [3.8, 4) is 0 Å². The van der Waals surface area contributed by atoms with Crippen LogP contribution in [0.15, 0.2) is 24.3 Å². The summed E-state index contributed by atoms with van der Waals surface area (Å²) in [4.78, 5) is 0. The maximum atomic E-state index is 9.43. The lowest BCUT2D eigenvalue weighted by Gasteiger charge is -2.21. The Morgan fingerprint density at radius 3 is 2.42 bits per heavy atom. The first-order valence-electron chi connectivity index (χ1n) is 3.84. The Bertz CT molecular complexity index is 265. The normalized spacial score (nSPS) is 11.2. The summed E-state index contributed by atoms with van der Waals surface area (Å²) < 4.78 is 0. The highest BCUT2D eigenvalue weighted by molar-refractivity contribution is 5.66. The molecule has 1 aromatic rings. The van der Waals surface area contributed by atoms with Crippen LogP contribution in [0.4, 0.5) is 11.4 Å². The van der Waals surface area contributed by atoms with E-state index in [9.17, 15) is 5.11 Å². The molecule has 4 N–H and O–H groups in total. The summed E-state index contributed by atoms with van der Waals surface area (Å²) in [5, 5.41) is 12.3. The van der Waals surface area contributed by atoms with Gasteiger partial charge in [0.2, 0.25) is 0 Å². The van der Waals surface area contributed by atoms with Crippen molar-refractivity contribution in [1.29, 1.82) is 0 Å². The number of nitrogens with two attached hydrogens (primary N) is 1. The quantitative estimate of drug-likeness (QED) is 0.460. The first kappa shape index (κ1) is 8.87. The molecule has 0 spiro atoms. The number of para-hydroxylation sites is 2. The number of nitrogen functional groups attached to an aromatic ring is 1. The second-order valence-corrected chi connectivity index (χ2v) is 3.27. The molecule has 0 saturated carbocycles. The summed E-state index contributed by atoms with van der Waals surface area (Å²) >= 11 is 0. The summed E-state index contributed by atoms with van der Waals surface area (Å²) in [6.07, 6.45) is 0. The summed E-state index contributed by atoms with van der Waals surface area (Å²) in [6.45, 7) is 3.33. The Hall–Kier alpha value is -1.22. The van der Waals surface area contributed by atoms with E-state index in [0.29, 0.717) is 5.69 Å². The smallest absolute Gasteiger partial charge is 0.129 e. The van der Waals surface area contributed by atoms with Gasteiger partial charge in [0.1, 0.15) is 5.72 Å². The summed E-state index contributed by atoms with van der Waals surface area (Å²) in [7, 11) is 0. The largest absolute Gasteiger partial charge is 0.397 e. The maximum Gasteiger partial charge on any atom is 0.129 e. The SMILES string of the molecule is CC(C)(O)Nc1ccccc1N. The fourth-order valence-electron chi connectivity index (χ4n) is 0.940. The minimum Gasteiger partial charge on any atom is -0.397 e. The molecule has 12 heavy (non-hydrogen) atoms. The molecule has 0 amide bonds. The van der Waals surface area contributed by atoms with Crippen LogP contribution in [0.1, 0.15) is 13.8 Å². The van der Waals surface area contributed by atoms with Crippen molar-refractivity contribution in [2.45, 2.75) is 19.6 Å². The first-order chi connectivity index (χ1) is 5.49. The van der Waals surface area contributed by atoms with Crippen molar-refractivity contribution in [3.05, 3.63) is 24.3 Å². The van der Waals surface area contributed by atoms with E-state index in [1.165, 1.54) is 0 Å². The third-order valence-corrected chi connectivity index (χ3v) is 1.40. The van der Waals surface area contributed by atoms with Gasteiger partial charge in [-0.25, -0.2) is 0 Å². The molecule has 0 aliphatic rings. The van der Waals surface area contributed by atoms with E-state index in [1.54, 1.807) is 19.9 Å². The fraction of sp³-hybridized carbons (Fsp3) is 0.333. The molecule has 0 bridgehead atoms. The molecule has 0 atom stereocenters. The van der Waals surface area contributed by atoms with Crippen LogP contribution in [0.3, 0.4) is 0 Å². The zero-order valence-corrected chi connectivity index (χ0v) is 7.33. The van der Waals surface area contributed by atoms with Crippen LogP contribution in [0.5, 0.6) is 0 Å². The number of aliphatic hydroxyl groups is 1. The Balaban J connectivity index is 2.83. The van der Waals surface area contributed by atoms with Gasteiger partial charge in [-0.3, -0.25) is 0 Å². The van der Waals surface area contributed by atoms with Crippen molar-refractivity contribution >= 4 is 11.4 Å². The average molecular weight is 166 g/mol. The maximum absolute atomic E-state index is 9.43. The molecule has 0 aliphatic heterocycles. The highest BCUT2D eigenvalue weighted by Crippen LogP contribution is 2.19. The zero-order valence-electron chi connectivity index (χ0n) is 7.33. The third kappa shape index (κ3) is 2.43. The van der Waals surface area contributed by atoms with Crippen LogP contribution in [0.25, 0.3) is 0 Å². The summed E-state index contributed by atoms with van der Waals surface area (Å²) in [6, 6.07) is 7.33. The second kappa shape index (κ2) is 3.03. The monoisotopic (exact) mass is 166 g/mol. The second-order valence-electron chi connectivity index (χ2n) is 3.27. The zero-order chi connectivity index (χ0) is 9.19. The van der Waals surface area contributed by atoms with Crippen molar-refractivity contribution in [3.63, 3.8) is 0 Å². The van der Waals surface area contributed by atoms with Gasteiger partial charge in [0.05, 0.1) is 11.4 Å². The molecule has 0 aromatic heterocycles. The number of benzene rings is 1. The topological polar surface area (TPSA) is 58.3 Å². The lowest BCUT2D eigenvalue weighted by atomic mass is 10.2. The molecule has 3 heteroatoms. The molecule has 3 nitrogen and oxygen atoms in total. The van der Waals surface area contributed by atoms with E-state index in [0.717, 1.165) is 5.69 Å². The van der Waals surface area contributed by atoms with Gasteiger partial charge in [0, 0.05) is 0 Å². The molecular weight excluding hydrogens is 152 g/mol. The Morgan fingerprint density at radius 1 is 1.33 bits per heavy atom. The Morgan fingerprint density at radius 2 is 1.92 bits per heavy atom. The van der Waals surface area contributed by atoms with Gasteiger partial charge in [0.15, 0.2) is 0 Å². The van der Waals surface area contributed by atoms with Crippen molar-refractivity contribution < 1.29 is 5.11 Å². The molecule has 1 aromatic carbocycles. The minimum atomic E-state index is -0.935. The van der Waals surface area contributed by atoms with Gasteiger partial charge in [-0.2, -0.15) is 0 Å². The lowest BCUT2D eigenvalue weighted by Crippen LogP contribution is -2.30. The number of nitrogens with one attached hydrogen (secondary N) is 1. The van der Waals surface area contributed by atoms with Crippen LogP contribution in [-0.4, -0.2) is 10.8 Å². The van der Waals surface area contributed by atoms with Crippen LogP contribution in [0, 0.1) is 0 Å². The van der Waals surface area contributed by atoms with Gasteiger partial charge in [-0.1, -0.05) is 12.1 Å². The average Bonchev–Trinajstić information content (AvgIpc) is 1.91. The van der Waals surface area contributed by atoms with E-state index in [4.69, 9.17) is 5.73 Å². The summed E-state index contributed by atoms with van der Waals surface area (Å²) in [5.41, 5.74) is 6.11. The van der Waals surface area contributed by atoms with Crippen LogP contribution in [-0.2, 0) is 0 Å². The minimum absolute atomic E-state index is 0.639. The number of rotatable bonds is 2. The predicted octanol–water partition coefficient (Wildman–Crippen LogP) is 1.41. The van der Waals surface area contributed by atoms with Crippen LogP contribution in [0.2, 0.25) is 0 Å². The predicted molar refractivity (Wildman–Crippen MR) is 50.8 cm³/mol. The molecule has 0 heterocycles. The van der Waals surface area contributed by atoms with Gasteiger partial charge in [0.25, 0.3) is 0 Å². The molecule has 66 valence electrons. The van der Waals surface area contributed by atoms with Gasteiger partial charge in [-0.05, 0) is 26.0 Å². The standard InChI is InChI=1S/C9H14N2O/c1-9(2,12)11-8-6-4-3-5-7(8)10/h3-6,11-12H,10H2,1-2H3.